The predicted molar refractivity (Wildman–Crippen MR) is 288 cm³/mol. The van der Waals surface area contributed by atoms with Crippen molar-refractivity contribution in [3.8, 4) is 50.2 Å². The van der Waals surface area contributed by atoms with Gasteiger partial charge in [0.15, 0.2) is 0 Å². The summed E-state index contributed by atoms with van der Waals surface area (Å²) in [7, 11) is 0. The highest BCUT2D eigenvalue weighted by Crippen LogP contribution is 2.48. The van der Waals surface area contributed by atoms with Crippen LogP contribution >= 0.6 is 11.3 Å². The van der Waals surface area contributed by atoms with E-state index in [4.69, 9.17) is 0 Å². The largest absolute Gasteiger partial charge is 0.310 e. The smallest absolute Gasteiger partial charge is 0.0541 e. The number of rotatable bonds is 8. The molecule has 0 saturated heterocycles. The molecule has 0 amide bonds. The van der Waals surface area contributed by atoms with E-state index in [9.17, 15) is 0 Å². The van der Waals surface area contributed by atoms with Crippen LogP contribution in [0.3, 0.4) is 0 Å². The summed E-state index contributed by atoms with van der Waals surface area (Å²) in [4.78, 5) is 2.45. The zero-order chi connectivity index (χ0) is 44.3. The van der Waals surface area contributed by atoms with Crippen molar-refractivity contribution < 1.29 is 0 Å². The fourth-order valence-corrected chi connectivity index (χ4v) is 11.5. The van der Waals surface area contributed by atoms with Gasteiger partial charge in [-0.3, -0.25) is 0 Å². The number of benzene rings is 11. The summed E-state index contributed by atoms with van der Waals surface area (Å²) >= 11 is 1.88. The second kappa shape index (κ2) is 16.2. The highest BCUT2D eigenvalue weighted by Gasteiger charge is 2.23. The molecule has 0 spiro atoms. The van der Waals surface area contributed by atoms with Gasteiger partial charge < -0.3 is 9.47 Å². The van der Waals surface area contributed by atoms with Crippen LogP contribution in [0.5, 0.6) is 0 Å². The van der Waals surface area contributed by atoms with Gasteiger partial charge in [0.1, 0.15) is 0 Å². The van der Waals surface area contributed by atoms with Crippen molar-refractivity contribution in [2.45, 2.75) is 0 Å². The zero-order valence-corrected chi connectivity index (χ0v) is 37.4. The third-order valence-corrected chi connectivity index (χ3v) is 14.6. The van der Waals surface area contributed by atoms with E-state index < -0.39 is 0 Å². The van der Waals surface area contributed by atoms with E-state index in [0.717, 1.165) is 33.9 Å². The van der Waals surface area contributed by atoms with Gasteiger partial charge in [-0.15, -0.1) is 11.3 Å². The molecule has 0 saturated carbocycles. The lowest BCUT2D eigenvalue weighted by atomic mass is 9.94. The third kappa shape index (κ3) is 6.63. The number of hydrogen-bond acceptors (Lipinski definition) is 2. The lowest BCUT2D eigenvalue weighted by Gasteiger charge is -2.29. The number of nitrogens with zero attached hydrogens (tertiary/aromatic N) is 2. The first-order valence-electron chi connectivity index (χ1n) is 22.9. The fourth-order valence-electron chi connectivity index (χ4n) is 10.3. The van der Waals surface area contributed by atoms with E-state index in [2.05, 4.69) is 264 Å². The molecule has 67 heavy (non-hydrogen) atoms. The van der Waals surface area contributed by atoms with E-state index in [1.165, 1.54) is 86.1 Å². The lowest BCUT2D eigenvalue weighted by molar-refractivity contribution is 1.18. The Labute approximate surface area is 393 Å². The van der Waals surface area contributed by atoms with Crippen LogP contribution in [-0.4, -0.2) is 4.57 Å². The van der Waals surface area contributed by atoms with Crippen LogP contribution in [0.4, 0.5) is 17.1 Å². The van der Waals surface area contributed by atoms with Crippen molar-refractivity contribution in [2.75, 3.05) is 4.90 Å². The molecule has 0 radical (unpaired) electrons. The molecule has 2 heterocycles. The average Bonchev–Trinajstić information content (AvgIpc) is 3.96. The molecule has 13 aromatic rings. The maximum absolute atomic E-state index is 2.45. The molecule has 0 aliphatic carbocycles. The van der Waals surface area contributed by atoms with Crippen molar-refractivity contribution in [2.24, 2.45) is 0 Å². The number of para-hydroxylation sites is 3. The van der Waals surface area contributed by atoms with Crippen LogP contribution in [0.2, 0.25) is 0 Å². The monoisotopic (exact) mass is 870 g/mol. The molecule has 314 valence electrons. The summed E-state index contributed by atoms with van der Waals surface area (Å²) in [5.41, 5.74) is 16.3. The second-order valence-electron chi connectivity index (χ2n) is 17.2. The summed E-state index contributed by atoms with van der Waals surface area (Å²) in [6, 6.07) is 93.3. The summed E-state index contributed by atoms with van der Waals surface area (Å²) in [6.07, 6.45) is 0. The predicted octanol–water partition coefficient (Wildman–Crippen LogP) is 18.4. The molecular weight excluding hydrogens is 829 g/mol. The quantitative estimate of drug-likeness (QED) is 0.148. The molecule has 0 atom stereocenters. The summed E-state index contributed by atoms with van der Waals surface area (Å²) in [5.74, 6) is 0. The molecule has 2 nitrogen and oxygen atoms in total. The minimum atomic E-state index is 1.08. The van der Waals surface area contributed by atoms with Crippen molar-refractivity contribution >= 4 is 81.1 Å². The zero-order valence-electron chi connectivity index (χ0n) is 36.6. The van der Waals surface area contributed by atoms with Gasteiger partial charge in [0.05, 0.1) is 22.4 Å². The Morgan fingerprint density at radius 2 is 0.836 bits per heavy atom. The third-order valence-electron chi connectivity index (χ3n) is 13.4. The van der Waals surface area contributed by atoms with E-state index in [-0.39, 0.29) is 0 Å². The number of hydrogen-bond donors (Lipinski definition) is 0. The number of fused-ring (bicyclic) bond motifs is 7. The second-order valence-corrected chi connectivity index (χ2v) is 18.3. The molecule has 0 unspecified atom stereocenters. The number of aromatic nitrogens is 1. The van der Waals surface area contributed by atoms with Crippen molar-refractivity contribution in [3.63, 3.8) is 0 Å². The van der Waals surface area contributed by atoms with E-state index >= 15 is 0 Å². The average molecular weight is 871 g/mol. The maximum atomic E-state index is 2.45. The molecule has 13 rings (SSSR count). The summed E-state index contributed by atoms with van der Waals surface area (Å²) < 4.78 is 5.01. The molecule has 11 aromatic carbocycles. The first-order chi connectivity index (χ1) is 33.2. The van der Waals surface area contributed by atoms with Crippen LogP contribution < -0.4 is 4.90 Å². The minimum absolute atomic E-state index is 1.08. The van der Waals surface area contributed by atoms with Crippen LogP contribution in [-0.2, 0) is 0 Å². The first-order valence-corrected chi connectivity index (χ1v) is 23.7. The van der Waals surface area contributed by atoms with Crippen molar-refractivity contribution in [1.82, 2.24) is 4.57 Å². The number of thiophene rings is 1. The minimum Gasteiger partial charge on any atom is -0.310 e. The molecule has 0 aliphatic heterocycles. The normalized spacial score (nSPS) is 11.6. The standard InChI is InChI=1S/C64H42N2S/c1-2-16-43(17-3-1)44-32-37-48(38-33-44)65(49-39-34-46(35-40-49)51-25-14-19-45-18-4-5-20-50(45)51)62-41-36-47(42-58(62)57-27-15-26-56-55-24-9-13-31-63(55)67-64(56)57)52-21-6-10-28-59(52)66-60-29-11-7-22-53(60)54-23-8-12-30-61(54)66/h1-42H. The molecule has 0 N–H and O–H groups in total. The van der Waals surface area contributed by atoms with E-state index in [1.54, 1.807) is 0 Å². The Kier molecular flexibility index (Phi) is 9.40. The van der Waals surface area contributed by atoms with E-state index in [0.29, 0.717) is 0 Å². The first kappa shape index (κ1) is 38.9. The Hall–Kier alpha value is -8.50. The highest BCUT2D eigenvalue weighted by atomic mass is 32.1. The van der Waals surface area contributed by atoms with Crippen LogP contribution in [0, 0.1) is 0 Å². The molecular formula is C64H42N2S. The van der Waals surface area contributed by atoms with Gasteiger partial charge in [-0.1, -0.05) is 194 Å². The maximum Gasteiger partial charge on any atom is 0.0541 e. The Morgan fingerprint density at radius 1 is 0.313 bits per heavy atom. The SMILES string of the molecule is c1ccc(-c2ccc(N(c3ccc(-c4cccc5ccccc45)cc3)c3ccc(-c4ccccc4-n4c5ccccc5c5ccccc54)cc3-c3cccc4c3sc3ccccc34)cc2)cc1. The van der Waals surface area contributed by atoms with Gasteiger partial charge in [-0.25, -0.2) is 0 Å². The number of anilines is 3. The van der Waals surface area contributed by atoms with Gasteiger partial charge in [0.25, 0.3) is 0 Å². The van der Waals surface area contributed by atoms with Gasteiger partial charge in [0.2, 0.25) is 0 Å². The molecule has 0 bridgehead atoms. The Morgan fingerprint density at radius 3 is 1.60 bits per heavy atom. The molecule has 2 aromatic heterocycles. The topological polar surface area (TPSA) is 8.17 Å². The molecule has 0 aliphatic rings. The van der Waals surface area contributed by atoms with Gasteiger partial charge in [-0.05, 0) is 99.3 Å². The van der Waals surface area contributed by atoms with E-state index in [1.807, 2.05) is 11.3 Å². The molecule has 0 fully saturated rings. The van der Waals surface area contributed by atoms with Crippen LogP contribution in [0.25, 0.3) is 103 Å². The highest BCUT2D eigenvalue weighted by molar-refractivity contribution is 7.26. The van der Waals surface area contributed by atoms with Gasteiger partial charge >= 0.3 is 0 Å². The van der Waals surface area contributed by atoms with Crippen LogP contribution in [0.15, 0.2) is 255 Å². The van der Waals surface area contributed by atoms with Crippen molar-refractivity contribution in [3.05, 3.63) is 255 Å². The molecule has 3 heteroatoms. The Bertz CT molecular complexity index is 3910. The van der Waals surface area contributed by atoms with Gasteiger partial charge in [0, 0.05) is 59.0 Å². The Balaban J connectivity index is 1.05. The fraction of sp³-hybridized carbons (Fsp3) is 0. The summed E-state index contributed by atoms with van der Waals surface area (Å²) in [6.45, 7) is 0. The van der Waals surface area contributed by atoms with Gasteiger partial charge in [-0.2, -0.15) is 0 Å². The van der Waals surface area contributed by atoms with Crippen molar-refractivity contribution in [1.29, 1.82) is 0 Å². The summed E-state index contributed by atoms with van der Waals surface area (Å²) in [5, 5.41) is 7.56. The van der Waals surface area contributed by atoms with Crippen LogP contribution in [0.1, 0.15) is 0 Å². The lowest BCUT2D eigenvalue weighted by Crippen LogP contribution is -2.11.